The lowest BCUT2D eigenvalue weighted by molar-refractivity contribution is 0.409. The number of hydrogen-bond donors (Lipinski definition) is 0. The van der Waals surface area contributed by atoms with Crippen LogP contribution in [-0.4, -0.2) is 12.1 Å². The van der Waals surface area contributed by atoms with E-state index in [1.165, 1.54) is 19.9 Å². The van der Waals surface area contributed by atoms with Crippen LogP contribution in [0.2, 0.25) is 0 Å². The summed E-state index contributed by atoms with van der Waals surface area (Å²) in [5.74, 6) is 0.978. The first-order chi connectivity index (χ1) is 7.15. The molecule has 0 unspecified atom stereocenters. The average Bonchev–Trinajstić information content (AvgIpc) is 2.17. The van der Waals surface area contributed by atoms with Gasteiger partial charge in [-0.3, -0.25) is 4.98 Å². The predicted octanol–water partition coefficient (Wildman–Crippen LogP) is 3.46. The number of nitrogens with zero attached hydrogens (tertiary/aromatic N) is 1. The lowest BCUT2D eigenvalue weighted by Crippen LogP contribution is -1.94. The van der Waals surface area contributed by atoms with E-state index in [1.54, 1.807) is 7.11 Å². The highest BCUT2D eigenvalue weighted by atomic mass is 127. The van der Waals surface area contributed by atoms with Crippen molar-refractivity contribution in [3.63, 3.8) is 0 Å². The van der Waals surface area contributed by atoms with Gasteiger partial charge in [0.25, 0.3) is 0 Å². The summed E-state index contributed by atoms with van der Waals surface area (Å²) in [6.07, 6.45) is 3.78. The lowest BCUT2D eigenvalue weighted by atomic mass is 10.0. The van der Waals surface area contributed by atoms with E-state index in [-0.39, 0.29) is 0 Å². The van der Waals surface area contributed by atoms with Crippen molar-refractivity contribution < 1.29 is 4.74 Å². The second kappa shape index (κ2) is 3.96. The minimum atomic E-state index is 0.978. The number of methoxy groups -OCH3 is 1. The molecule has 0 spiro atoms. The number of fused-ring (bicyclic) bond motifs is 1. The molecule has 0 atom stereocenters. The van der Waals surface area contributed by atoms with Crippen molar-refractivity contribution in [3.8, 4) is 5.75 Å². The molecule has 78 valence electrons. The van der Waals surface area contributed by atoms with Crippen LogP contribution >= 0.6 is 22.6 Å². The fourth-order valence-corrected chi connectivity index (χ4v) is 2.85. The minimum absolute atomic E-state index is 0.978. The number of aryl methyl sites for hydroxylation is 2. The van der Waals surface area contributed by atoms with Crippen LogP contribution in [0.3, 0.4) is 0 Å². The van der Waals surface area contributed by atoms with Gasteiger partial charge >= 0.3 is 0 Å². The van der Waals surface area contributed by atoms with Crippen LogP contribution in [0.1, 0.15) is 11.1 Å². The van der Waals surface area contributed by atoms with Crippen LogP contribution in [-0.2, 0) is 0 Å². The Labute approximate surface area is 103 Å². The van der Waals surface area contributed by atoms with Gasteiger partial charge in [0, 0.05) is 32.3 Å². The molecule has 2 aromatic rings. The fourth-order valence-electron chi connectivity index (χ4n) is 1.98. The van der Waals surface area contributed by atoms with E-state index in [2.05, 4.69) is 47.5 Å². The standard InChI is InChI=1S/C12H12INO/c1-7-4-9-5-14-6-10(13)11(9)8(2)12(7)15-3/h4-6H,1-3H3. The van der Waals surface area contributed by atoms with Crippen LogP contribution in [0.25, 0.3) is 10.8 Å². The topological polar surface area (TPSA) is 22.1 Å². The van der Waals surface area contributed by atoms with Gasteiger partial charge in [-0.15, -0.1) is 0 Å². The maximum absolute atomic E-state index is 5.42. The van der Waals surface area contributed by atoms with Crippen LogP contribution in [0, 0.1) is 17.4 Å². The molecule has 0 radical (unpaired) electrons. The van der Waals surface area contributed by atoms with Crippen LogP contribution in [0.5, 0.6) is 5.75 Å². The second-order valence-corrected chi connectivity index (χ2v) is 4.73. The Hall–Kier alpha value is -0.840. The van der Waals surface area contributed by atoms with Crippen molar-refractivity contribution in [1.29, 1.82) is 0 Å². The number of hydrogen-bond acceptors (Lipinski definition) is 2. The third-order valence-corrected chi connectivity index (χ3v) is 3.40. The Kier molecular flexibility index (Phi) is 2.82. The molecule has 2 rings (SSSR count). The van der Waals surface area contributed by atoms with Crippen LogP contribution in [0.15, 0.2) is 18.5 Å². The molecule has 3 heteroatoms. The van der Waals surface area contributed by atoms with Crippen molar-refractivity contribution in [3.05, 3.63) is 33.2 Å². The Bertz CT molecular complexity index is 523. The van der Waals surface area contributed by atoms with E-state index in [1.807, 2.05) is 12.4 Å². The predicted molar refractivity (Wildman–Crippen MR) is 70.5 cm³/mol. The highest BCUT2D eigenvalue weighted by molar-refractivity contribution is 14.1. The number of aromatic nitrogens is 1. The van der Waals surface area contributed by atoms with Gasteiger partial charge in [0.1, 0.15) is 5.75 Å². The quantitative estimate of drug-likeness (QED) is 0.752. The maximum Gasteiger partial charge on any atom is 0.125 e. The molecule has 0 aliphatic heterocycles. The van der Waals surface area contributed by atoms with E-state index in [0.29, 0.717) is 0 Å². The van der Waals surface area contributed by atoms with E-state index in [0.717, 1.165) is 11.3 Å². The molecule has 0 N–H and O–H groups in total. The van der Waals surface area contributed by atoms with E-state index >= 15 is 0 Å². The highest BCUT2D eigenvalue weighted by Gasteiger charge is 2.10. The largest absolute Gasteiger partial charge is 0.496 e. The Balaban J connectivity index is 2.92. The summed E-state index contributed by atoms with van der Waals surface area (Å²) >= 11 is 2.31. The third kappa shape index (κ3) is 1.69. The van der Waals surface area contributed by atoms with Gasteiger partial charge in [0.15, 0.2) is 0 Å². The van der Waals surface area contributed by atoms with E-state index in [9.17, 15) is 0 Å². The smallest absolute Gasteiger partial charge is 0.125 e. The third-order valence-electron chi connectivity index (χ3n) is 2.58. The average molecular weight is 313 g/mol. The van der Waals surface area contributed by atoms with Gasteiger partial charge in [0.2, 0.25) is 0 Å². The van der Waals surface area contributed by atoms with Gasteiger partial charge in [-0.05, 0) is 48.1 Å². The molecule has 15 heavy (non-hydrogen) atoms. The molecule has 0 saturated carbocycles. The normalized spacial score (nSPS) is 10.7. The molecular formula is C12H12INO. The molecule has 0 amide bonds. The summed E-state index contributed by atoms with van der Waals surface area (Å²) in [4.78, 5) is 4.20. The van der Waals surface area contributed by atoms with Crippen molar-refractivity contribution in [2.24, 2.45) is 0 Å². The zero-order chi connectivity index (χ0) is 11.0. The molecule has 0 aliphatic rings. The number of halogens is 1. The molecule has 0 aliphatic carbocycles. The Morgan fingerprint density at radius 3 is 2.67 bits per heavy atom. The van der Waals surface area contributed by atoms with E-state index in [4.69, 9.17) is 4.74 Å². The molecular weight excluding hydrogens is 301 g/mol. The van der Waals surface area contributed by atoms with Crippen molar-refractivity contribution in [2.75, 3.05) is 7.11 Å². The molecule has 0 bridgehead atoms. The van der Waals surface area contributed by atoms with Gasteiger partial charge in [-0.25, -0.2) is 0 Å². The summed E-state index contributed by atoms with van der Waals surface area (Å²) in [5, 5.41) is 2.42. The van der Waals surface area contributed by atoms with Crippen molar-refractivity contribution in [2.45, 2.75) is 13.8 Å². The van der Waals surface area contributed by atoms with E-state index < -0.39 is 0 Å². The number of pyridine rings is 1. The van der Waals surface area contributed by atoms with Gasteiger partial charge in [-0.1, -0.05) is 0 Å². The summed E-state index contributed by atoms with van der Waals surface area (Å²) in [5.41, 5.74) is 2.35. The summed E-state index contributed by atoms with van der Waals surface area (Å²) < 4.78 is 6.58. The monoisotopic (exact) mass is 313 g/mol. The fraction of sp³-hybridized carbons (Fsp3) is 0.250. The lowest BCUT2D eigenvalue weighted by Gasteiger charge is -2.12. The molecule has 1 aromatic heterocycles. The zero-order valence-electron chi connectivity index (χ0n) is 8.97. The van der Waals surface area contributed by atoms with Crippen LogP contribution < -0.4 is 4.74 Å². The summed E-state index contributed by atoms with van der Waals surface area (Å²) in [7, 11) is 1.72. The molecule has 0 fully saturated rings. The molecule has 2 nitrogen and oxygen atoms in total. The molecule has 1 heterocycles. The van der Waals surface area contributed by atoms with Gasteiger partial charge < -0.3 is 4.74 Å². The van der Waals surface area contributed by atoms with Gasteiger partial charge in [0.05, 0.1) is 7.11 Å². The molecule has 1 aromatic carbocycles. The number of benzene rings is 1. The first-order valence-corrected chi connectivity index (χ1v) is 5.80. The summed E-state index contributed by atoms with van der Waals surface area (Å²) in [6, 6.07) is 2.12. The molecule has 0 saturated heterocycles. The van der Waals surface area contributed by atoms with Crippen LogP contribution in [0.4, 0.5) is 0 Å². The van der Waals surface area contributed by atoms with Gasteiger partial charge in [-0.2, -0.15) is 0 Å². The minimum Gasteiger partial charge on any atom is -0.496 e. The zero-order valence-corrected chi connectivity index (χ0v) is 11.1. The van der Waals surface area contributed by atoms with Crippen molar-refractivity contribution in [1.82, 2.24) is 4.98 Å². The maximum atomic E-state index is 5.42. The number of rotatable bonds is 1. The Morgan fingerprint density at radius 1 is 1.27 bits per heavy atom. The highest BCUT2D eigenvalue weighted by Crippen LogP contribution is 2.32. The SMILES string of the molecule is COc1c(C)cc2cncc(I)c2c1C. The Morgan fingerprint density at radius 2 is 2.00 bits per heavy atom. The number of ether oxygens (including phenoxy) is 1. The second-order valence-electron chi connectivity index (χ2n) is 3.57. The first kappa shape index (κ1) is 10.7. The van der Waals surface area contributed by atoms with Crippen molar-refractivity contribution >= 4 is 33.4 Å². The summed E-state index contributed by atoms with van der Waals surface area (Å²) in [6.45, 7) is 4.15. The first-order valence-electron chi connectivity index (χ1n) is 4.72.